The SMILES string of the molecule is N#CCC(c1cncc([S+]([O-])C2CCCCC2)c1)n1cc(-c2ncnc3[nH]ccc23)cn1. The van der Waals surface area contributed by atoms with E-state index < -0.39 is 11.2 Å². The Balaban J connectivity index is 1.46. The highest BCUT2D eigenvalue weighted by atomic mass is 32.2. The quantitative estimate of drug-likeness (QED) is 0.445. The lowest BCUT2D eigenvalue weighted by Gasteiger charge is -2.25. The van der Waals surface area contributed by atoms with Crippen molar-refractivity contribution < 1.29 is 4.55 Å². The first-order valence-electron chi connectivity index (χ1n) is 10.8. The maximum absolute atomic E-state index is 13.1. The fourth-order valence-electron chi connectivity index (χ4n) is 4.38. The van der Waals surface area contributed by atoms with Crippen molar-refractivity contribution >= 4 is 22.2 Å². The third-order valence-electron chi connectivity index (χ3n) is 6.04. The van der Waals surface area contributed by atoms with Gasteiger partial charge in [-0.25, -0.2) is 9.97 Å². The monoisotopic (exact) mass is 445 g/mol. The summed E-state index contributed by atoms with van der Waals surface area (Å²) in [5.41, 5.74) is 3.22. The molecule has 2 unspecified atom stereocenters. The summed E-state index contributed by atoms with van der Waals surface area (Å²) in [7, 11) is 0. The van der Waals surface area contributed by atoms with E-state index in [-0.39, 0.29) is 17.7 Å². The summed E-state index contributed by atoms with van der Waals surface area (Å²) in [6.07, 6.45) is 16.1. The molecule has 5 rings (SSSR count). The van der Waals surface area contributed by atoms with Crippen LogP contribution in [0.15, 0.2) is 54.3 Å². The van der Waals surface area contributed by atoms with Gasteiger partial charge in [-0.1, -0.05) is 6.42 Å². The lowest BCUT2D eigenvalue weighted by atomic mass is 10.0. The van der Waals surface area contributed by atoms with Gasteiger partial charge in [0.05, 0.1) is 36.6 Å². The molecule has 4 heterocycles. The second-order valence-corrected chi connectivity index (χ2v) is 9.79. The molecular formula is C23H23N7OS. The molecule has 1 aliphatic carbocycles. The van der Waals surface area contributed by atoms with E-state index in [9.17, 15) is 9.81 Å². The Bertz CT molecular complexity index is 1250. The minimum Gasteiger partial charge on any atom is -0.611 e. The molecular weight excluding hydrogens is 422 g/mol. The maximum Gasteiger partial charge on any atom is 0.171 e. The number of hydrogen-bond donors (Lipinski definition) is 1. The average molecular weight is 446 g/mol. The van der Waals surface area contributed by atoms with Gasteiger partial charge in [0.25, 0.3) is 0 Å². The molecule has 1 fully saturated rings. The Labute approximate surface area is 188 Å². The third kappa shape index (κ3) is 3.99. The molecule has 1 saturated carbocycles. The Morgan fingerprint density at radius 3 is 2.94 bits per heavy atom. The zero-order chi connectivity index (χ0) is 21.9. The Morgan fingerprint density at radius 2 is 2.09 bits per heavy atom. The van der Waals surface area contributed by atoms with Gasteiger partial charge in [0.15, 0.2) is 4.90 Å². The molecule has 9 heteroatoms. The number of aromatic amines is 1. The lowest BCUT2D eigenvalue weighted by Crippen LogP contribution is -2.24. The average Bonchev–Trinajstić information content (AvgIpc) is 3.52. The van der Waals surface area contributed by atoms with Crippen LogP contribution in [0, 0.1) is 11.3 Å². The second kappa shape index (κ2) is 9.10. The van der Waals surface area contributed by atoms with Crippen molar-refractivity contribution in [3.8, 4) is 17.3 Å². The molecule has 4 aromatic heterocycles. The summed E-state index contributed by atoms with van der Waals surface area (Å²) in [5, 5.41) is 15.1. The highest BCUT2D eigenvalue weighted by Gasteiger charge is 2.28. The van der Waals surface area contributed by atoms with Crippen LogP contribution < -0.4 is 0 Å². The van der Waals surface area contributed by atoms with Gasteiger partial charge in [0.2, 0.25) is 0 Å². The number of hydrogen-bond acceptors (Lipinski definition) is 6. The minimum absolute atomic E-state index is 0.188. The van der Waals surface area contributed by atoms with Crippen molar-refractivity contribution in [2.45, 2.75) is 54.7 Å². The molecule has 8 nitrogen and oxygen atoms in total. The predicted molar refractivity (Wildman–Crippen MR) is 121 cm³/mol. The fraction of sp³-hybridized carbons (Fsp3) is 0.348. The summed E-state index contributed by atoms with van der Waals surface area (Å²) in [4.78, 5) is 16.8. The first-order chi connectivity index (χ1) is 15.7. The van der Waals surface area contributed by atoms with Crippen LogP contribution in [0.3, 0.4) is 0 Å². The molecule has 2 atom stereocenters. The molecule has 1 N–H and O–H groups in total. The molecule has 0 aliphatic heterocycles. The van der Waals surface area contributed by atoms with Gasteiger partial charge in [-0.05, 0) is 42.9 Å². The molecule has 32 heavy (non-hydrogen) atoms. The van der Waals surface area contributed by atoms with E-state index in [0.29, 0.717) is 0 Å². The molecule has 0 saturated heterocycles. The fourth-order valence-corrected chi connectivity index (χ4v) is 5.95. The van der Waals surface area contributed by atoms with Gasteiger partial charge in [-0.15, -0.1) is 0 Å². The number of fused-ring (bicyclic) bond motifs is 1. The number of nitriles is 1. The summed E-state index contributed by atoms with van der Waals surface area (Å²) >= 11 is -1.09. The van der Waals surface area contributed by atoms with Gasteiger partial charge in [-0.2, -0.15) is 10.4 Å². The van der Waals surface area contributed by atoms with Crippen molar-refractivity contribution in [1.82, 2.24) is 29.7 Å². The van der Waals surface area contributed by atoms with Crippen molar-refractivity contribution in [2.24, 2.45) is 0 Å². The standard InChI is InChI=1S/C23H23N7OS/c24-8-6-21(16-10-19(13-25-11-16)32(31)18-4-2-1-3-5-18)30-14-17(12-29-30)22-20-7-9-26-23(20)28-15-27-22/h7,9-15,18,21H,1-6H2,(H,26,27,28). The van der Waals surface area contributed by atoms with Crippen LogP contribution in [-0.4, -0.2) is 39.5 Å². The normalized spacial score (nSPS) is 16.6. The number of nitrogens with zero attached hydrogens (tertiary/aromatic N) is 6. The van der Waals surface area contributed by atoms with Crippen LogP contribution in [0.2, 0.25) is 0 Å². The Hall–Kier alpha value is -3.22. The summed E-state index contributed by atoms with van der Waals surface area (Å²) < 4.78 is 14.9. The second-order valence-electron chi connectivity index (χ2n) is 8.06. The molecule has 1 aliphatic rings. The number of nitrogens with one attached hydrogen (secondary N) is 1. The van der Waals surface area contributed by atoms with Gasteiger partial charge in [-0.3, -0.25) is 9.67 Å². The zero-order valence-electron chi connectivity index (χ0n) is 17.5. The van der Waals surface area contributed by atoms with E-state index >= 15 is 0 Å². The van der Waals surface area contributed by atoms with Crippen LogP contribution >= 0.6 is 0 Å². The van der Waals surface area contributed by atoms with E-state index in [1.165, 1.54) is 12.7 Å². The van der Waals surface area contributed by atoms with Crippen molar-refractivity contribution in [3.05, 3.63) is 55.0 Å². The molecule has 4 aromatic rings. The van der Waals surface area contributed by atoms with E-state index in [1.807, 2.05) is 24.5 Å². The maximum atomic E-state index is 13.1. The topological polar surface area (TPSA) is 119 Å². The highest BCUT2D eigenvalue weighted by Crippen LogP contribution is 2.31. The highest BCUT2D eigenvalue weighted by molar-refractivity contribution is 7.92. The van der Waals surface area contributed by atoms with E-state index in [4.69, 9.17) is 0 Å². The number of aromatic nitrogens is 6. The smallest absolute Gasteiger partial charge is 0.171 e. The van der Waals surface area contributed by atoms with Gasteiger partial charge in [0.1, 0.15) is 17.2 Å². The first-order valence-corrected chi connectivity index (χ1v) is 12.0. The predicted octanol–water partition coefficient (Wildman–Crippen LogP) is 4.16. The summed E-state index contributed by atoms with van der Waals surface area (Å²) in [5.74, 6) is 0. The van der Waals surface area contributed by atoms with Crippen LogP contribution in [0.4, 0.5) is 0 Å². The van der Waals surface area contributed by atoms with Crippen LogP contribution in [0.1, 0.15) is 50.1 Å². The summed E-state index contributed by atoms with van der Waals surface area (Å²) in [6, 6.07) is 5.79. The third-order valence-corrected chi connectivity index (χ3v) is 7.80. The van der Waals surface area contributed by atoms with E-state index in [1.54, 1.807) is 23.3 Å². The Morgan fingerprint density at radius 1 is 1.22 bits per heavy atom. The summed E-state index contributed by atoms with van der Waals surface area (Å²) in [6.45, 7) is 0. The molecule has 0 aromatic carbocycles. The van der Waals surface area contributed by atoms with E-state index in [2.05, 4.69) is 31.1 Å². The van der Waals surface area contributed by atoms with E-state index in [0.717, 1.165) is 58.4 Å². The van der Waals surface area contributed by atoms with Crippen molar-refractivity contribution in [1.29, 1.82) is 5.26 Å². The van der Waals surface area contributed by atoms with Crippen molar-refractivity contribution in [2.75, 3.05) is 0 Å². The molecule has 0 bridgehead atoms. The first kappa shape index (κ1) is 20.7. The Kier molecular flexibility index (Phi) is 5.88. The lowest BCUT2D eigenvalue weighted by molar-refractivity contribution is 0.483. The molecule has 0 amide bonds. The van der Waals surface area contributed by atoms with Crippen LogP contribution in [-0.2, 0) is 11.2 Å². The van der Waals surface area contributed by atoms with Crippen LogP contribution in [0.25, 0.3) is 22.3 Å². The largest absolute Gasteiger partial charge is 0.611 e. The minimum atomic E-state index is -1.09. The molecule has 0 radical (unpaired) electrons. The zero-order valence-corrected chi connectivity index (χ0v) is 18.3. The number of pyridine rings is 1. The van der Waals surface area contributed by atoms with Crippen LogP contribution in [0.5, 0.6) is 0 Å². The van der Waals surface area contributed by atoms with Crippen molar-refractivity contribution in [3.63, 3.8) is 0 Å². The van der Waals surface area contributed by atoms with Gasteiger partial charge < -0.3 is 9.54 Å². The molecule has 0 spiro atoms. The molecule has 162 valence electrons. The number of rotatable bonds is 6. The number of H-pyrrole nitrogens is 1. The van der Waals surface area contributed by atoms with Gasteiger partial charge in [0, 0.05) is 41.2 Å². The van der Waals surface area contributed by atoms with Gasteiger partial charge >= 0.3 is 0 Å².